The van der Waals surface area contributed by atoms with Gasteiger partial charge in [0.1, 0.15) is 6.07 Å². The normalized spacial score (nSPS) is 9.89. The fourth-order valence-corrected chi connectivity index (χ4v) is 2.44. The molecule has 2 nitrogen and oxygen atoms in total. The van der Waals surface area contributed by atoms with E-state index in [4.69, 9.17) is 5.26 Å². The second-order valence-corrected chi connectivity index (χ2v) is 6.05. The minimum atomic E-state index is 0.636. The average Bonchev–Trinajstić information content (AvgIpc) is 2.34. The van der Waals surface area contributed by atoms with E-state index in [1.807, 2.05) is 19.1 Å². The maximum atomic E-state index is 9.10. The van der Waals surface area contributed by atoms with E-state index >= 15 is 0 Å². The van der Waals surface area contributed by atoms with Gasteiger partial charge in [0.25, 0.3) is 0 Å². The highest BCUT2D eigenvalue weighted by Crippen LogP contribution is 2.27. The third kappa shape index (κ3) is 3.03. The molecule has 0 aliphatic heterocycles. The number of nitrogens with one attached hydrogen (secondary N) is 1. The van der Waals surface area contributed by atoms with E-state index in [1.165, 1.54) is 0 Å². The molecular weight excluding hydrogens is 403 g/mol. The molecule has 0 aliphatic rings. The first-order chi connectivity index (χ1) is 8.60. The van der Waals surface area contributed by atoms with E-state index in [9.17, 15) is 0 Å². The Hall–Kier alpha value is -1.06. The summed E-state index contributed by atoms with van der Waals surface area (Å²) in [4.78, 5) is 0. The molecule has 0 aromatic heterocycles. The van der Waals surface area contributed by atoms with Crippen LogP contribution in [0.15, 0.2) is 40.9 Å². The van der Waals surface area contributed by atoms with Gasteiger partial charge in [0.05, 0.1) is 11.3 Å². The second-order valence-electron chi connectivity index (χ2n) is 3.89. The Bertz CT molecular complexity index is 632. The Morgan fingerprint density at radius 2 is 1.94 bits per heavy atom. The van der Waals surface area contributed by atoms with Crippen molar-refractivity contribution in [2.75, 3.05) is 5.32 Å². The van der Waals surface area contributed by atoms with Crippen LogP contribution in [0.2, 0.25) is 0 Å². The molecule has 0 bridgehead atoms. The van der Waals surface area contributed by atoms with E-state index < -0.39 is 0 Å². The van der Waals surface area contributed by atoms with E-state index in [2.05, 4.69) is 68.1 Å². The van der Waals surface area contributed by atoms with Gasteiger partial charge in [0, 0.05) is 13.7 Å². The molecule has 0 atom stereocenters. The Morgan fingerprint density at radius 1 is 1.17 bits per heavy atom. The van der Waals surface area contributed by atoms with Gasteiger partial charge in [-0.2, -0.15) is 5.26 Å². The molecule has 2 aromatic rings. The highest BCUT2D eigenvalue weighted by Gasteiger charge is 2.05. The lowest BCUT2D eigenvalue weighted by Crippen LogP contribution is -1.96. The lowest BCUT2D eigenvalue weighted by molar-refractivity contribution is 1.40. The zero-order valence-corrected chi connectivity index (χ0v) is 13.4. The first kappa shape index (κ1) is 13.4. The molecule has 0 unspecified atom stereocenters. The van der Waals surface area contributed by atoms with Crippen molar-refractivity contribution in [1.29, 1.82) is 5.26 Å². The van der Waals surface area contributed by atoms with Gasteiger partial charge in [0.15, 0.2) is 0 Å². The van der Waals surface area contributed by atoms with Crippen molar-refractivity contribution < 1.29 is 0 Å². The maximum absolute atomic E-state index is 9.10. The van der Waals surface area contributed by atoms with Crippen molar-refractivity contribution in [3.63, 3.8) is 0 Å². The van der Waals surface area contributed by atoms with Gasteiger partial charge in [-0.1, -0.05) is 22.0 Å². The lowest BCUT2D eigenvalue weighted by Gasteiger charge is -2.11. The molecule has 0 saturated heterocycles. The van der Waals surface area contributed by atoms with Crippen LogP contribution < -0.4 is 5.32 Å². The highest BCUT2D eigenvalue weighted by molar-refractivity contribution is 14.1. The van der Waals surface area contributed by atoms with Gasteiger partial charge in [-0.3, -0.25) is 0 Å². The van der Waals surface area contributed by atoms with Crippen molar-refractivity contribution in [2.45, 2.75) is 6.92 Å². The van der Waals surface area contributed by atoms with Crippen molar-refractivity contribution in [2.24, 2.45) is 0 Å². The monoisotopic (exact) mass is 412 g/mol. The number of benzene rings is 2. The Kier molecular flexibility index (Phi) is 4.25. The first-order valence-electron chi connectivity index (χ1n) is 5.33. The molecule has 18 heavy (non-hydrogen) atoms. The molecular formula is C14H10BrIN2. The summed E-state index contributed by atoms with van der Waals surface area (Å²) in [5, 5.41) is 12.4. The van der Waals surface area contributed by atoms with E-state index in [0.29, 0.717) is 5.56 Å². The van der Waals surface area contributed by atoms with Crippen LogP contribution >= 0.6 is 38.5 Å². The van der Waals surface area contributed by atoms with Crippen LogP contribution in [0, 0.1) is 21.8 Å². The fraction of sp³-hybridized carbons (Fsp3) is 0.0714. The van der Waals surface area contributed by atoms with Crippen LogP contribution in [-0.2, 0) is 0 Å². The lowest BCUT2D eigenvalue weighted by atomic mass is 10.1. The van der Waals surface area contributed by atoms with Crippen LogP contribution in [-0.4, -0.2) is 0 Å². The molecule has 0 amide bonds. The van der Waals surface area contributed by atoms with Crippen molar-refractivity contribution in [1.82, 2.24) is 0 Å². The number of anilines is 2. The third-order valence-electron chi connectivity index (χ3n) is 2.57. The number of aryl methyl sites for hydroxylation is 1. The van der Waals surface area contributed by atoms with Gasteiger partial charge < -0.3 is 5.32 Å². The zero-order valence-electron chi connectivity index (χ0n) is 9.67. The summed E-state index contributed by atoms with van der Waals surface area (Å²) >= 11 is 5.70. The number of halogens is 2. The molecule has 0 aliphatic carbocycles. The number of nitrogens with zero attached hydrogens (tertiary/aromatic N) is 1. The summed E-state index contributed by atoms with van der Waals surface area (Å²) in [5.41, 5.74) is 3.63. The summed E-state index contributed by atoms with van der Waals surface area (Å²) in [6.45, 7) is 2.04. The van der Waals surface area contributed by atoms with Crippen LogP contribution in [0.1, 0.15) is 11.1 Å². The largest absolute Gasteiger partial charge is 0.354 e. The molecule has 0 spiro atoms. The van der Waals surface area contributed by atoms with Crippen LogP contribution in [0.5, 0.6) is 0 Å². The van der Waals surface area contributed by atoms with Crippen LogP contribution in [0.3, 0.4) is 0 Å². The van der Waals surface area contributed by atoms with Crippen molar-refractivity contribution >= 4 is 49.9 Å². The predicted molar refractivity (Wildman–Crippen MR) is 86.0 cm³/mol. The van der Waals surface area contributed by atoms with Gasteiger partial charge in [-0.15, -0.1) is 0 Å². The summed E-state index contributed by atoms with van der Waals surface area (Å²) in [5.74, 6) is 0. The van der Waals surface area contributed by atoms with Gasteiger partial charge in [-0.05, 0) is 65.4 Å². The second kappa shape index (κ2) is 5.72. The number of hydrogen-bond acceptors (Lipinski definition) is 2. The molecule has 4 heteroatoms. The summed E-state index contributed by atoms with van der Waals surface area (Å²) in [6.07, 6.45) is 0. The maximum Gasteiger partial charge on any atom is 0.101 e. The number of nitriles is 1. The Balaban J connectivity index is 2.43. The molecule has 0 saturated carbocycles. The average molecular weight is 413 g/mol. The fourth-order valence-electron chi connectivity index (χ4n) is 1.59. The van der Waals surface area contributed by atoms with Gasteiger partial charge in [-0.25, -0.2) is 0 Å². The summed E-state index contributed by atoms with van der Waals surface area (Å²) in [6, 6.07) is 14.0. The smallest absolute Gasteiger partial charge is 0.101 e. The van der Waals surface area contributed by atoms with Crippen LogP contribution in [0.25, 0.3) is 0 Å². The van der Waals surface area contributed by atoms with Gasteiger partial charge >= 0.3 is 0 Å². The number of hydrogen-bond donors (Lipinski definition) is 1. The quantitative estimate of drug-likeness (QED) is 0.706. The third-order valence-corrected chi connectivity index (χ3v) is 3.74. The van der Waals surface area contributed by atoms with Crippen molar-refractivity contribution in [3.05, 3.63) is 55.6 Å². The summed E-state index contributed by atoms with van der Waals surface area (Å²) in [7, 11) is 0. The number of rotatable bonds is 2. The molecule has 1 N–H and O–H groups in total. The van der Waals surface area contributed by atoms with Crippen molar-refractivity contribution in [3.8, 4) is 6.07 Å². The van der Waals surface area contributed by atoms with E-state index in [0.717, 1.165) is 25.0 Å². The standard InChI is InChI=1S/C14H10BrIN2/c1-9-2-5-12(16)7-13(9)18-14-6-11(15)4-3-10(14)8-17/h2-7,18H,1H3. The zero-order chi connectivity index (χ0) is 13.1. The van der Waals surface area contributed by atoms with E-state index in [1.54, 1.807) is 6.07 Å². The SMILES string of the molecule is Cc1ccc(I)cc1Nc1cc(Br)ccc1C#N. The molecule has 0 fully saturated rings. The Labute approximate surface area is 128 Å². The molecule has 2 aromatic carbocycles. The minimum Gasteiger partial charge on any atom is -0.354 e. The van der Waals surface area contributed by atoms with Gasteiger partial charge in [0.2, 0.25) is 0 Å². The highest BCUT2D eigenvalue weighted by atomic mass is 127. The van der Waals surface area contributed by atoms with E-state index in [-0.39, 0.29) is 0 Å². The summed E-state index contributed by atoms with van der Waals surface area (Å²) < 4.78 is 2.11. The molecule has 90 valence electrons. The predicted octanol–water partition coefficient (Wildman–Crippen LogP) is 4.98. The first-order valence-corrected chi connectivity index (χ1v) is 7.20. The minimum absolute atomic E-state index is 0.636. The van der Waals surface area contributed by atoms with Crippen LogP contribution in [0.4, 0.5) is 11.4 Å². The molecule has 0 radical (unpaired) electrons. The molecule has 0 heterocycles. The Morgan fingerprint density at radius 3 is 2.67 bits per heavy atom. The topological polar surface area (TPSA) is 35.8 Å². The molecule has 2 rings (SSSR count).